The van der Waals surface area contributed by atoms with Crippen molar-refractivity contribution in [2.45, 2.75) is 228 Å². The Labute approximate surface area is 704 Å². The van der Waals surface area contributed by atoms with Gasteiger partial charge in [0.25, 0.3) is 22.2 Å². The summed E-state index contributed by atoms with van der Waals surface area (Å²) in [6, 6.07) is 2.61. The molecule has 0 aliphatic carbocycles. The number of carbonyl (C=O) groups excluding carboxylic acids is 4. The number of halogens is 4. The van der Waals surface area contributed by atoms with Crippen LogP contribution >= 0.6 is 77.4 Å². The molecule has 0 bridgehead atoms. The Bertz CT molecular complexity index is 4460. The van der Waals surface area contributed by atoms with Crippen LogP contribution in [0.25, 0.3) is 0 Å². The van der Waals surface area contributed by atoms with E-state index in [1.807, 2.05) is 0 Å². The van der Waals surface area contributed by atoms with Crippen LogP contribution in [0.15, 0.2) is 87.4 Å². The minimum absolute atomic E-state index is 0.0220. The first-order valence-corrected chi connectivity index (χ1v) is 45.5. The largest absolute Gasteiger partial charge is 0.464 e. The van der Waals surface area contributed by atoms with Crippen LogP contribution < -0.4 is 65.3 Å². The Morgan fingerprint density at radius 1 is 0.367 bits per heavy atom. The third-order valence-electron chi connectivity index (χ3n) is 19.1. The number of rotatable bonds is 24. The number of fused-ring (bicyclic) bond motifs is 4. The number of aromatic amines is 4. The number of hydrogen-bond donors (Lipinski definition) is 8. The van der Waals surface area contributed by atoms with Gasteiger partial charge in [0.05, 0.1) is 50.1 Å². The first-order chi connectivity index (χ1) is 55.7. The highest BCUT2D eigenvalue weighted by Gasteiger charge is 2.64. The summed E-state index contributed by atoms with van der Waals surface area (Å²) in [5, 5.41) is 10.9. The third-order valence-corrected chi connectivity index (χ3v) is 27.7. The van der Waals surface area contributed by atoms with Crippen LogP contribution in [-0.2, 0) is 112 Å². The van der Waals surface area contributed by atoms with Gasteiger partial charge in [0.2, 0.25) is 0 Å². The van der Waals surface area contributed by atoms with Gasteiger partial charge in [-0.3, -0.25) is 113 Å². The van der Waals surface area contributed by atoms with Gasteiger partial charge in [-0.25, -0.2) is 57.8 Å². The summed E-state index contributed by atoms with van der Waals surface area (Å²) >= 11 is 26.7. The summed E-state index contributed by atoms with van der Waals surface area (Å²) in [7, 11) is -15.2. The smallest absolute Gasteiger partial charge is 0.406 e. The zero-order valence-corrected chi connectivity index (χ0v) is 74.6. The molecule has 0 radical (unpaired) electrons. The van der Waals surface area contributed by atoms with E-state index in [9.17, 15) is 75.8 Å². The first-order valence-electron chi connectivity index (χ1n) is 37.8. The second-order valence-corrected chi connectivity index (χ2v) is 41.5. The van der Waals surface area contributed by atoms with Gasteiger partial charge in [-0.1, -0.05) is 55.4 Å². The number of nitrogens with zero attached hydrogens (tertiary/aromatic N) is 4. The van der Waals surface area contributed by atoms with E-state index < -0.39 is 193 Å². The van der Waals surface area contributed by atoms with Crippen molar-refractivity contribution in [3.8, 4) is 0 Å². The van der Waals surface area contributed by atoms with E-state index in [1.165, 1.54) is 49.1 Å². The summed E-state index contributed by atoms with van der Waals surface area (Å²) in [5.74, 6) is -2.63. The minimum atomic E-state index is -3.79. The number of carbonyl (C=O) groups is 4. The Morgan fingerprint density at radius 3 is 0.700 bits per heavy atom. The van der Waals surface area contributed by atoms with Crippen molar-refractivity contribution < 1.29 is 112 Å². The van der Waals surface area contributed by atoms with E-state index in [0.29, 0.717) is 0 Å². The van der Waals surface area contributed by atoms with Gasteiger partial charge in [0, 0.05) is 73.2 Å². The van der Waals surface area contributed by atoms with E-state index in [0.717, 1.165) is 18.3 Å². The lowest BCUT2D eigenvalue weighted by Crippen LogP contribution is -2.47. The molecule has 8 aliphatic heterocycles. The molecule has 44 nitrogen and oxygen atoms in total. The maximum absolute atomic E-state index is 13.1. The van der Waals surface area contributed by atoms with Crippen LogP contribution in [-0.4, -0.2) is 207 Å². The number of esters is 4. The molecule has 0 saturated carbocycles. The monoisotopic (exact) mass is 1860 g/mol. The number of alkyl halides is 4. The quantitative estimate of drug-likeness (QED) is 0.0207. The number of aromatic nitrogens is 8. The Kier molecular flexibility index (Phi) is 32.0. The van der Waals surface area contributed by atoms with E-state index in [-0.39, 0.29) is 100 Å². The van der Waals surface area contributed by atoms with E-state index in [2.05, 4.69) is 40.3 Å². The topological polar surface area (TPSA) is 552 Å². The summed E-state index contributed by atoms with van der Waals surface area (Å²) in [6.45, 7) is 26.2. The fourth-order valence-electron chi connectivity index (χ4n) is 12.9. The van der Waals surface area contributed by atoms with E-state index in [1.54, 1.807) is 111 Å². The third kappa shape index (κ3) is 23.6. The average molecular weight is 1860 g/mol. The zero-order valence-electron chi connectivity index (χ0n) is 68.0. The summed E-state index contributed by atoms with van der Waals surface area (Å²) in [5.41, 5.74) is -4.98. The summed E-state index contributed by atoms with van der Waals surface area (Å²) < 4.78 is 145. The SMILES string of the molecule is CC(C)C(=O)OC[C@@H](C)NP1(=O)OC[C@H]2O[C@@H](n3ccc(=O)[nH]c3=O)[C@](C)(Cl)[C@@H]2O1.CC(C)C(=O)OC[C@H](C)NP1(=O)OC[C@H]2O[C@@H](n3ccc(=O)[nH]c3=O)[C@](C)(Cl)[C@@H]2O1.CC(C)C(=O)OC[C@H](C)N[P@@]1(=O)OC[C@H]2O[C@@H](n3ccc(=O)[nH]c3=O)[C@](C)(Cl)[C@@H]2O1.CC(COC(=O)C(C)C)NP1(=O)OC[C@H]2O[C@@H](n3ccc(=O)[nH]c3=O)[C@](C)(Cl)[C@@H]2O1. The molecule has 0 amide bonds. The molecule has 8 aliphatic rings. The molecule has 4 aromatic rings. The summed E-state index contributed by atoms with van der Waals surface area (Å²) in [6.07, 6.45) is -5.11. The molecule has 0 spiro atoms. The first kappa shape index (κ1) is 97.8. The van der Waals surface area contributed by atoms with Gasteiger partial charge in [-0.2, -0.15) is 0 Å². The van der Waals surface area contributed by atoms with Gasteiger partial charge in [-0.15, -0.1) is 46.4 Å². The highest BCUT2D eigenvalue weighted by atomic mass is 35.5. The second kappa shape index (κ2) is 39.3. The lowest BCUT2D eigenvalue weighted by Gasteiger charge is -2.36. The van der Waals surface area contributed by atoms with Crippen molar-refractivity contribution in [1.29, 1.82) is 0 Å². The van der Waals surface area contributed by atoms with Crippen LogP contribution in [0, 0.1) is 23.7 Å². The number of hydrogen-bond acceptors (Lipinski definition) is 32. The summed E-state index contributed by atoms with van der Waals surface area (Å²) in [4.78, 5) is 144. The standard InChI is InChI=1S/4C17H25ClN3O8P/c4*1-9(2)14(23)26-7-10(3)20-30(25)27-8-11-13(29-30)17(4,18)15(28-11)21-6-5-12(22)19-16(21)24/h4*5-6,9-11,13,15H,7-8H2,1-4H3,(H,20,25)(H,19,22,24)/t10?,11-,13-,15-,17-,30?;10-,11+,13+,15+,17+,30?;10-,11+,13+,15+,17+,30+;10-,11-,13-,15-,17-,30?/m1001/s1. The minimum Gasteiger partial charge on any atom is -0.464 e. The van der Waals surface area contributed by atoms with Crippen molar-refractivity contribution >= 4 is 101 Å². The van der Waals surface area contributed by atoms with Crippen LogP contribution in [0.3, 0.4) is 0 Å². The molecule has 672 valence electrons. The Morgan fingerprint density at radius 2 is 0.542 bits per heavy atom. The molecule has 24 atom stereocenters. The Balaban J connectivity index is 0.000000182. The van der Waals surface area contributed by atoms with Crippen LogP contribution in [0.1, 0.15) is 136 Å². The molecule has 52 heteroatoms. The molecule has 120 heavy (non-hydrogen) atoms. The molecule has 0 aromatic carbocycles. The molecule has 8 fully saturated rings. The van der Waals surface area contributed by atoms with Crippen molar-refractivity contribution in [3.63, 3.8) is 0 Å². The van der Waals surface area contributed by atoms with Gasteiger partial charge in [0.15, 0.2) is 24.9 Å². The predicted octanol–water partition coefficient (Wildman–Crippen LogP) is 4.53. The molecule has 12 rings (SSSR count). The van der Waals surface area contributed by atoms with Gasteiger partial charge < -0.3 is 37.9 Å². The predicted molar refractivity (Wildman–Crippen MR) is 425 cm³/mol. The van der Waals surface area contributed by atoms with Crippen LogP contribution in [0.4, 0.5) is 0 Å². The molecule has 8 N–H and O–H groups in total. The van der Waals surface area contributed by atoms with Crippen molar-refractivity contribution in [1.82, 2.24) is 58.6 Å². The molecular weight excluding hydrogens is 1760 g/mol. The lowest BCUT2D eigenvalue weighted by molar-refractivity contribution is -0.148. The lowest BCUT2D eigenvalue weighted by atomic mass is 10.0. The highest BCUT2D eigenvalue weighted by Crippen LogP contribution is 2.61. The molecular formula is C68H100Cl4N12O32P4. The Hall–Kier alpha value is -5.96. The van der Waals surface area contributed by atoms with E-state index >= 15 is 0 Å². The second-order valence-electron chi connectivity index (χ2n) is 31.3. The number of nitrogens with one attached hydrogen (secondary N) is 8. The zero-order chi connectivity index (χ0) is 89.1. The van der Waals surface area contributed by atoms with Gasteiger partial charge >= 0.3 is 77.6 Å². The van der Waals surface area contributed by atoms with Crippen LogP contribution in [0.5, 0.6) is 0 Å². The van der Waals surface area contributed by atoms with Gasteiger partial charge in [-0.05, 0) is 55.4 Å². The molecule has 8 saturated heterocycles. The fraction of sp³-hybridized carbons (Fsp3) is 0.706. The fourth-order valence-corrected chi connectivity index (χ4v) is 21.7. The van der Waals surface area contributed by atoms with Crippen molar-refractivity contribution in [3.05, 3.63) is 132 Å². The normalized spacial score (nSPS) is 34.5. The molecule has 12 heterocycles. The van der Waals surface area contributed by atoms with Crippen LogP contribution in [0.2, 0.25) is 0 Å². The van der Waals surface area contributed by atoms with E-state index in [4.69, 9.17) is 120 Å². The van der Waals surface area contributed by atoms with Crippen molar-refractivity contribution in [2.24, 2.45) is 23.7 Å². The maximum Gasteiger partial charge on any atom is 0.406 e. The van der Waals surface area contributed by atoms with Gasteiger partial charge in [0.1, 0.15) is 94.8 Å². The molecule has 4 unspecified atom stereocenters. The average Bonchev–Trinajstić information content (AvgIpc) is 1.61. The highest BCUT2D eigenvalue weighted by molar-refractivity contribution is 7.52. The number of H-pyrrole nitrogens is 4. The number of ether oxygens (including phenoxy) is 8. The maximum atomic E-state index is 13.1. The van der Waals surface area contributed by atoms with Crippen molar-refractivity contribution in [2.75, 3.05) is 52.9 Å². The molecule has 4 aromatic heterocycles.